The van der Waals surface area contributed by atoms with Gasteiger partial charge in [0.05, 0.1) is 22.0 Å². The van der Waals surface area contributed by atoms with Crippen molar-refractivity contribution in [2.24, 2.45) is 0 Å². The number of sulfone groups is 1. The highest BCUT2D eigenvalue weighted by atomic mass is 32.2. The van der Waals surface area contributed by atoms with Crippen molar-refractivity contribution in [3.63, 3.8) is 0 Å². The van der Waals surface area contributed by atoms with Crippen molar-refractivity contribution in [1.29, 1.82) is 0 Å². The quantitative estimate of drug-likeness (QED) is 0.380. The summed E-state index contributed by atoms with van der Waals surface area (Å²) in [5.41, 5.74) is 0.918. The maximum atomic E-state index is 13.3. The second-order valence-electron chi connectivity index (χ2n) is 7.02. The molecule has 0 bridgehead atoms. The summed E-state index contributed by atoms with van der Waals surface area (Å²) >= 11 is 1.28. The highest BCUT2D eigenvalue weighted by Crippen LogP contribution is 2.38. The minimum atomic E-state index is -4.55. The number of thiophene rings is 1. The molecule has 31 heavy (non-hydrogen) atoms. The Kier molecular flexibility index (Phi) is 5.49. The summed E-state index contributed by atoms with van der Waals surface area (Å²) in [5.74, 6) is 0. The molecule has 9 heteroatoms. The van der Waals surface area contributed by atoms with Gasteiger partial charge < -0.3 is 0 Å². The first kappa shape index (κ1) is 21.3. The molecule has 0 radical (unpaired) electrons. The lowest BCUT2D eigenvalue weighted by molar-refractivity contribution is -0.141. The normalized spacial score (nSPS) is 12.3. The molecule has 0 aliphatic rings. The summed E-state index contributed by atoms with van der Waals surface area (Å²) in [5, 5.41) is 3.80. The van der Waals surface area contributed by atoms with E-state index >= 15 is 0 Å². The van der Waals surface area contributed by atoms with E-state index in [2.05, 4.69) is 5.10 Å². The van der Waals surface area contributed by atoms with Gasteiger partial charge >= 0.3 is 6.18 Å². The van der Waals surface area contributed by atoms with Gasteiger partial charge in [0.1, 0.15) is 0 Å². The Labute approximate surface area is 181 Å². The van der Waals surface area contributed by atoms with Crippen LogP contribution in [0, 0.1) is 0 Å². The fourth-order valence-corrected chi connectivity index (χ4v) is 4.83. The molecule has 2 aromatic heterocycles. The molecule has 4 nitrogen and oxygen atoms in total. The Morgan fingerprint density at radius 3 is 2.32 bits per heavy atom. The maximum absolute atomic E-state index is 13.3. The molecule has 0 aliphatic heterocycles. The van der Waals surface area contributed by atoms with E-state index in [0.29, 0.717) is 16.1 Å². The third kappa shape index (κ3) is 4.72. The lowest BCUT2D eigenvalue weighted by Crippen LogP contribution is -2.09. The first-order valence-corrected chi connectivity index (χ1v) is 11.9. The van der Waals surface area contributed by atoms with Crippen LogP contribution in [-0.2, 0) is 22.6 Å². The van der Waals surface area contributed by atoms with E-state index in [1.54, 1.807) is 30.3 Å². The average Bonchev–Trinajstić information content (AvgIpc) is 3.35. The van der Waals surface area contributed by atoms with Crippen molar-refractivity contribution in [2.45, 2.75) is 17.6 Å². The molecule has 0 atom stereocenters. The van der Waals surface area contributed by atoms with E-state index in [-0.39, 0.29) is 11.4 Å². The first-order chi connectivity index (χ1) is 14.6. The third-order valence-electron chi connectivity index (χ3n) is 4.65. The maximum Gasteiger partial charge on any atom is 0.435 e. The first-order valence-electron chi connectivity index (χ1n) is 9.21. The predicted octanol–water partition coefficient (Wildman–Crippen LogP) is 5.75. The average molecular weight is 463 g/mol. The number of halogens is 3. The fraction of sp³-hybridized carbons (Fsp3) is 0.136. The van der Waals surface area contributed by atoms with Gasteiger partial charge in [-0.2, -0.15) is 18.3 Å². The topological polar surface area (TPSA) is 52.0 Å². The monoisotopic (exact) mass is 462 g/mol. The minimum absolute atomic E-state index is 0.188. The predicted molar refractivity (Wildman–Crippen MR) is 115 cm³/mol. The third-order valence-corrected chi connectivity index (χ3v) is 6.92. The van der Waals surface area contributed by atoms with Crippen LogP contribution < -0.4 is 0 Å². The summed E-state index contributed by atoms with van der Waals surface area (Å²) < 4.78 is 65.0. The van der Waals surface area contributed by atoms with Gasteiger partial charge in [0.2, 0.25) is 0 Å². The molecule has 0 aliphatic carbocycles. The number of benzene rings is 2. The molecule has 0 N–H and O–H groups in total. The second kappa shape index (κ2) is 7.97. The van der Waals surface area contributed by atoms with Gasteiger partial charge in [0.15, 0.2) is 15.5 Å². The summed E-state index contributed by atoms with van der Waals surface area (Å²) in [6.07, 6.45) is -3.42. The van der Waals surface area contributed by atoms with Gasteiger partial charge in [-0.1, -0.05) is 42.5 Å². The molecular formula is C22H17F3N2O2S2. The molecule has 4 rings (SSSR count). The number of hydrogen-bond acceptors (Lipinski definition) is 4. The van der Waals surface area contributed by atoms with Crippen molar-refractivity contribution >= 4 is 21.2 Å². The minimum Gasteiger partial charge on any atom is -0.259 e. The van der Waals surface area contributed by atoms with Crippen molar-refractivity contribution in [2.75, 3.05) is 6.26 Å². The number of aromatic nitrogens is 2. The summed E-state index contributed by atoms with van der Waals surface area (Å²) in [7, 11) is -3.37. The molecule has 0 saturated heterocycles. The van der Waals surface area contributed by atoms with Gasteiger partial charge in [0, 0.05) is 11.1 Å². The highest BCUT2D eigenvalue weighted by Gasteiger charge is 2.35. The van der Waals surface area contributed by atoms with E-state index < -0.39 is 21.7 Å². The largest absolute Gasteiger partial charge is 0.435 e. The van der Waals surface area contributed by atoms with Crippen molar-refractivity contribution in [1.82, 2.24) is 9.78 Å². The van der Waals surface area contributed by atoms with Gasteiger partial charge in [-0.25, -0.2) is 8.42 Å². The summed E-state index contributed by atoms with van der Waals surface area (Å²) in [6, 6.07) is 20.2. The van der Waals surface area contributed by atoms with Crippen LogP contribution >= 0.6 is 11.3 Å². The van der Waals surface area contributed by atoms with Crippen LogP contribution in [-0.4, -0.2) is 24.5 Å². The Bertz CT molecular complexity index is 1320. The SMILES string of the molecule is CS(=O)(=O)c1cccc(-c2ccc(-c3cc(C(F)(F)F)nn3Cc3ccccc3)s2)c1. The molecule has 0 fully saturated rings. The molecule has 2 aromatic carbocycles. The van der Waals surface area contributed by atoms with Crippen LogP contribution in [0.4, 0.5) is 13.2 Å². The number of hydrogen-bond donors (Lipinski definition) is 0. The Balaban J connectivity index is 1.75. The summed E-state index contributed by atoms with van der Waals surface area (Å²) in [4.78, 5) is 1.55. The molecular weight excluding hydrogens is 445 g/mol. The smallest absolute Gasteiger partial charge is 0.259 e. The standard InChI is InChI=1S/C22H17F3N2O2S2/c1-31(28,29)17-9-5-8-16(12-17)19-10-11-20(30-19)18-13-21(22(23,24)25)26-27(18)14-15-6-3-2-4-7-15/h2-13H,14H2,1H3. The molecule has 0 unspecified atom stereocenters. The molecule has 0 amide bonds. The summed E-state index contributed by atoms with van der Waals surface area (Å²) in [6.45, 7) is 0.197. The number of nitrogens with zero attached hydrogens (tertiary/aromatic N) is 2. The van der Waals surface area contributed by atoms with Crippen LogP contribution in [0.3, 0.4) is 0 Å². The van der Waals surface area contributed by atoms with Crippen LogP contribution in [0.25, 0.3) is 21.0 Å². The molecule has 2 heterocycles. The zero-order chi connectivity index (χ0) is 22.2. The zero-order valence-electron chi connectivity index (χ0n) is 16.3. The Hall–Kier alpha value is -2.91. The van der Waals surface area contributed by atoms with Crippen LogP contribution in [0.2, 0.25) is 0 Å². The fourth-order valence-electron chi connectivity index (χ4n) is 3.14. The van der Waals surface area contributed by atoms with Gasteiger partial charge in [0.25, 0.3) is 0 Å². The highest BCUT2D eigenvalue weighted by molar-refractivity contribution is 7.90. The van der Waals surface area contributed by atoms with E-state index in [1.807, 2.05) is 30.3 Å². The van der Waals surface area contributed by atoms with Crippen LogP contribution in [0.15, 0.2) is 77.7 Å². The molecule has 0 spiro atoms. The zero-order valence-corrected chi connectivity index (χ0v) is 17.9. The lowest BCUT2D eigenvalue weighted by Gasteiger charge is -2.06. The van der Waals surface area contributed by atoms with E-state index in [9.17, 15) is 21.6 Å². The number of alkyl halides is 3. The Morgan fingerprint density at radius 1 is 0.935 bits per heavy atom. The number of rotatable bonds is 5. The van der Waals surface area contributed by atoms with Crippen molar-refractivity contribution in [3.8, 4) is 21.0 Å². The lowest BCUT2D eigenvalue weighted by atomic mass is 10.2. The second-order valence-corrected chi connectivity index (χ2v) is 10.1. The van der Waals surface area contributed by atoms with Crippen molar-refractivity contribution < 1.29 is 21.6 Å². The van der Waals surface area contributed by atoms with E-state index in [0.717, 1.165) is 22.8 Å². The van der Waals surface area contributed by atoms with Crippen LogP contribution in [0.5, 0.6) is 0 Å². The molecule has 0 saturated carbocycles. The van der Waals surface area contributed by atoms with Gasteiger partial charge in [-0.3, -0.25) is 4.68 Å². The van der Waals surface area contributed by atoms with Crippen molar-refractivity contribution in [3.05, 3.63) is 84.1 Å². The molecule has 160 valence electrons. The van der Waals surface area contributed by atoms with E-state index in [4.69, 9.17) is 0 Å². The van der Waals surface area contributed by atoms with Gasteiger partial charge in [-0.05, 0) is 41.5 Å². The van der Waals surface area contributed by atoms with E-state index in [1.165, 1.54) is 22.1 Å². The van der Waals surface area contributed by atoms with Crippen LogP contribution in [0.1, 0.15) is 11.3 Å². The van der Waals surface area contributed by atoms with Gasteiger partial charge in [-0.15, -0.1) is 11.3 Å². The molecule has 4 aromatic rings. The Morgan fingerprint density at radius 2 is 1.65 bits per heavy atom.